The summed E-state index contributed by atoms with van der Waals surface area (Å²) >= 11 is 1.42. The van der Waals surface area contributed by atoms with Gasteiger partial charge in [0, 0.05) is 12.1 Å². The van der Waals surface area contributed by atoms with E-state index in [1.807, 2.05) is 38.1 Å². The third-order valence-corrected chi connectivity index (χ3v) is 4.54. The second kappa shape index (κ2) is 8.64. The number of nitrogens with one attached hydrogen (secondary N) is 1. The Bertz CT molecular complexity index is 638. The standard InChI is InChI=1S/C17H23N3O2S/c1-3-22-14-8-6-13(7-9-14)17-20-12(2)15(23-17)16(21)19-11-5-4-10-18/h6-9H,3-5,10-11,18H2,1-2H3,(H,19,21). The van der Waals surface area contributed by atoms with Crippen molar-refractivity contribution in [1.82, 2.24) is 10.3 Å². The van der Waals surface area contributed by atoms with Gasteiger partial charge < -0.3 is 15.8 Å². The quantitative estimate of drug-likeness (QED) is 0.728. The summed E-state index contributed by atoms with van der Waals surface area (Å²) < 4.78 is 5.44. The van der Waals surface area contributed by atoms with Crippen LogP contribution >= 0.6 is 11.3 Å². The Morgan fingerprint density at radius 1 is 1.30 bits per heavy atom. The SMILES string of the molecule is CCOc1ccc(-c2nc(C)c(C(=O)NCCCCN)s2)cc1. The molecule has 124 valence electrons. The van der Waals surface area contributed by atoms with Gasteiger partial charge in [-0.15, -0.1) is 11.3 Å². The van der Waals surface area contributed by atoms with Crippen molar-refractivity contribution in [2.24, 2.45) is 5.73 Å². The van der Waals surface area contributed by atoms with Crippen molar-refractivity contribution in [1.29, 1.82) is 0 Å². The number of hydrogen-bond donors (Lipinski definition) is 2. The van der Waals surface area contributed by atoms with Crippen LogP contribution in [-0.2, 0) is 0 Å². The molecule has 23 heavy (non-hydrogen) atoms. The molecule has 0 unspecified atom stereocenters. The topological polar surface area (TPSA) is 77.2 Å². The first-order valence-corrected chi connectivity index (χ1v) is 8.66. The van der Waals surface area contributed by atoms with Crippen LogP contribution in [-0.4, -0.2) is 30.6 Å². The van der Waals surface area contributed by atoms with Gasteiger partial charge >= 0.3 is 0 Å². The molecule has 0 fully saturated rings. The number of rotatable bonds is 8. The molecule has 1 aromatic carbocycles. The molecular weight excluding hydrogens is 310 g/mol. The van der Waals surface area contributed by atoms with Crippen molar-refractivity contribution in [3.63, 3.8) is 0 Å². The lowest BCUT2D eigenvalue weighted by atomic mass is 10.2. The average Bonchev–Trinajstić information content (AvgIpc) is 2.94. The predicted molar refractivity (Wildman–Crippen MR) is 94.1 cm³/mol. The number of aryl methyl sites for hydroxylation is 1. The molecule has 0 aliphatic rings. The third-order valence-electron chi connectivity index (χ3n) is 3.33. The molecule has 6 heteroatoms. The number of unbranched alkanes of at least 4 members (excludes halogenated alkanes) is 1. The van der Waals surface area contributed by atoms with Crippen molar-refractivity contribution in [3.05, 3.63) is 34.8 Å². The summed E-state index contributed by atoms with van der Waals surface area (Å²) in [7, 11) is 0. The third kappa shape index (κ3) is 4.77. The van der Waals surface area contributed by atoms with Gasteiger partial charge in [-0.1, -0.05) is 0 Å². The largest absolute Gasteiger partial charge is 0.494 e. The van der Waals surface area contributed by atoms with Crippen molar-refractivity contribution in [2.45, 2.75) is 26.7 Å². The zero-order valence-corrected chi connectivity index (χ0v) is 14.4. The van der Waals surface area contributed by atoms with E-state index in [1.54, 1.807) is 0 Å². The van der Waals surface area contributed by atoms with Gasteiger partial charge in [0.1, 0.15) is 15.6 Å². The maximum Gasteiger partial charge on any atom is 0.263 e. The number of ether oxygens (including phenoxy) is 1. The van der Waals surface area contributed by atoms with Gasteiger partial charge in [-0.2, -0.15) is 0 Å². The van der Waals surface area contributed by atoms with Crippen LogP contribution in [0, 0.1) is 6.92 Å². The monoisotopic (exact) mass is 333 g/mol. The predicted octanol–water partition coefficient (Wildman–Crippen LogP) is 2.99. The van der Waals surface area contributed by atoms with Crippen molar-refractivity contribution >= 4 is 17.2 Å². The molecule has 1 aromatic heterocycles. The fraction of sp³-hybridized carbons (Fsp3) is 0.412. The van der Waals surface area contributed by atoms with E-state index in [0.717, 1.165) is 34.9 Å². The van der Waals surface area contributed by atoms with E-state index < -0.39 is 0 Å². The Hall–Kier alpha value is -1.92. The summed E-state index contributed by atoms with van der Waals surface area (Å²) in [6.07, 6.45) is 1.81. The van der Waals surface area contributed by atoms with E-state index in [1.165, 1.54) is 11.3 Å². The van der Waals surface area contributed by atoms with Gasteiger partial charge in [-0.3, -0.25) is 4.79 Å². The lowest BCUT2D eigenvalue weighted by Crippen LogP contribution is -2.24. The maximum absolute atomic E-state index is 12.2. The van der Waals surface area contributed by atoms with E-state index in [9.17, 15) is 4.79 Å². The minimum Gasteiger partial charge on any atom is -0.494 e. The first-order chi connectivity index (χ1) is 11.2. The van der Waals surface area contributed by atoms with E-state index in [-0.39, 0.29) is 5.91 Å². The zero-order valence-electron chi connectivity index (χ0n) is 13.6. The molecule has 0 radical (unpaired) electrons. The highest BCUT2D eigenvalue weighted by Gasteiger charge is 2.15. The summed E-state index contributed by atoms with van der Waals surface area (Å²) in [5.41, 5.74) is 7.20. The van der Waals surface area contributed by atoms with Crippen molar-refractivity contribution in [3.8, 4) is 16.3 Å². The minimum atomic E-state index is -0.0609. The molecule has 0 aliphatic heterocycles. The van der Waals surface area contributed by atoms with Gasteiger partial charge in [0.15, 0.2) is 0 Å². The highest BCUT2D eigenvalue weighted by atomic mass is 32.1. The number of aromatic nitrogens is 1. The summed E-state index contributed by atoms with van der Waals surface area (Å²) in [6, 6.07) is 7.77. The highest BCUT2D eigenvalue weighted by molar-refractivity contribution is 7.17. The number of nitrogens with zero attached hydrogens (tertiary/aromatic N) is 1. The lowest BCUT2D eigenvalue weighted by molar-refractivity contribution is 0.0956. The molecule has 2 aromatic rings. The summed E-state index contributed by atoms with van der Waals surface area (Å²) in [5, 5.41) is 3.77. The molecule has 0 aliphatic carbocycles. The second-order valence-corrected chi connectivity index (χ2v) is 6.14. The van der Waals surface area contributed by atoms with E-state index in [2.05, 4.69) is 10.3 Å². The van der Waals surface area contributed by atoms with E-state index in [4.69, 9.17) is 10.5 Å². The molecule has 2 rings (SSSR count). The first-order valence-electron chi connectivity index (χ1n) is 7.84. The van der Waals surface area contributed by atoms with Crippen LogP contribution < -0.4 is 15.8 Å². The van der Waals surface area contributed by atoms with Crippen LogP contribution in [0.3, 0.4) is 0 Å². The van der Waals surface area contributed by atoms with Crippen LogP contribution in [0.4, 0.5) is 0 Å². The second-order valence-electron chi connectivity index (χ2n) is 5.14. The van der Waals surface area contributed by atoms with Gasteiger partial charge in [0.2, 0.25) is 0 Å². The fourth-order valence-electron chi connectivity index (χ4n) is 2.14. The number of thiazole rings is 1. The van der Waals surface area contributed by atoms with E-state index in [0.29, 0.717) is 24.6 Å². The van der Waals surface area contributed by atoms with Gasteiger partial charge in [-0.25, -0.2) is 4.98 Å². The van der Waals surface area contributed by atoms with Crippen LogP contribution in [0.5, 0.6) is 5.75 Å². The minimum absolute atomic E-state index is 0.0609. The Kier molecular flexibility index (Phi) is 6.55. The smallest absolute Gasteiger partial charge is 0.263 e. The molecule has 0 spiro atoms. The van der Waals surface area contributed by atoms with Gasteiger partial charge in [0.25, 0.3) is 5.91 Å². The fourth-order valence-corrected chi connectivity index (χ4v) is 3.13. The number of hydrogen-bond acceptors (Lipinski definition) is 5. The molecular formula is C17H23N3O2S. The number of nitrogens with two attached hydrogens (primary N) is 1. The number of carbonyl (C=O) groups is 1. The van der Waals surface area contributed by atoms with Crippen molar-refractivity contribution in [2.75, 3.05) is 19.7 Å². The number of benzene rings is 1. The number of amides is 1. The molecule has 0 bridgehead atoms. The average molecular weight is 333 g/mol. The molecule has 0 saturated heterocycles. The number of carbonyl (C=O) groups excluding carboxylic acids is 1. The molecule has 5 nitrogen and oxygen atoms in total. The Morgan fingerprint density at radius 2 is 2.04 bits per heavy atom. The first kappa shape index (κ1) is 17.4. The Morgan fingerprint density at radius 3 is 2.70 bits per heavy atom. The molecule has 3 N–H and O–H groups in total. The van der Waals surface area contributed by atoms with Crippen LogP contribution in [0.15, 0.2) is 24.3 Å². The summed E-state index contributed by atoms with van der Waals surface area (Å²) in [4.78, 5) is 17.4. The molecule has 0 saturated carbocycles. The van der Waals surface area contributed by atoms with Gasteiger partial charge in [0.05, 0.1) is 12.3 Å². The summed E-state index contributed by atoms with van der Waals surface area (Å²) in [6.45, 7) is 5.76. The summed E-state index contributed by atoms with van der Waals surface area (Å²) in [5.74, 6) is 0.775. The Balaban J connectivity index is 2.06. The zero-order chi connectivity index (χ0) is 16.7. The normalized spacial score (nSPS) is 10.6. The maximum atomic E-state index is 12.2. The van der Waals surface area contributed by atoms with Crippen LogP contribution in [0.25, 0.3) is 10.6 Å². The molecule has 1 amide bonds. The van der Waals surface area contributed by atoms with Crippen LogP contribution in [0.1, 0.15) is 35.1 Å². The lowest BCUT2D eigenvalue weighted by Gasteiger charge is -2.03. The Labute approximate surface area is 140 Å². The van der Waals surface area contributed by atoms with Crippen molar-refractivity contribution < 1.29 is 9.53 Å². The molecule has 1 heterocycles. The highest BCUT2D eigenvalue weighted by Crippen LogP contribution is 2.29. The molecule has 0 atom stereocenters. The van der Waals surface area contributed by atoms with Crippen LogP contribution in [0.2, 0.25) is 0 Å². The van der Waals surface area contributed by atoms with Gasteiger partial charge in [-0.05, 0) is 57.5 Å². The van der Waals surface area contributed by atoms with E-state index >= 15 is 0 Å².